The van der Waals surface area contributed by atoms with Crippen LogP contribution in [0.15, 0.2) is 41.5 Å². The van der Waals surface area contributed by atoms with E-state index >= 15 is 0 Å². The number of hydrogen-bond acceptors (Lipinski definition) is 6. The van der Waals surface area contributed by atoms with Gasteiger partial charge in [0.15, 0.2) is 0 Å². The number of piperidine rings is 1. The van der Waals surface area contributed by atoms with E-state index in [0.717, 1.165) is 52.0 Å². The van der Waals surface area contributed by atoms with E-state index in [4.69, 9.17) is 9.15 Å². The summed E-state index contributed by atoms with van der Waals surface area (Å²) in [5.41, 5.74) is 1.49. The Morgan fingerprint density at radius 3 is 3.08 bits per heavy atom. The molecule has 6 nitrogen and oxygen atoms in total. The highest BCUT2D eigenvalue weighted by molar-refractivity contribution is 5.22. The van der Waals surface area contributed by atoms with Crippen LogP contribution in [0.3, 0.4) is 0 Å². The van der Waals surface area contributed by atoms with Crippen molar-refractivity contribution in [1.29, 1.82) is 0 Å². The third kappa shape index (κ3) is 3.30. The smallest absolute Gasteiger partial charge is 0.222 e. The first-order chi connectivity index (χ1) is 11.8. The van der Waals surface area contributed by atoms with Crippen molar-refractivity contribution in [2.24, 2.45) is 5.41 Å². The maximum absolute atomic E-state index is 6.04. The van der Waals surface area contributed by atoms with Gasteiger partial charge in [-0.25, -0.2) is 9.97 Å². The zero-order chi connectivity index (χ0) is 16.2. The molecule has 4 heterocycles. The zero-order valence-electron chi connectivity index (χ0n) is 13.9. The average Bonchev–Trinajstić information content (AvgIpc) is 3.25. The van der Waals surface area contributed by atoms with Crippen molar-refractivity contribution in [3.63, 3.8) is 0 Å². The van der Waals surface area contributed by atoms with E-state index in [1.54, 1.807) is 18.7 Å². The molecule has 0 spiro atoms. The summed E-state index contributed by atoms with van der Waals surface area (Å²) in [6.07, 6.45) is 10.8. The average molecular weight is 328 g/mol. The number of aromatic nitrogens is 2. The molecule has 0 radical (unpaired) electrons. The van der Waals surface area contributed by atoms with Crippen LogP contribution < -0.4 is 5.32 Å². The summed E-state index contributed by atoms with van der Waals surface area (Å²) in [5, 5.41) is 3.35. The first-order valence-corrected chi connectivity index (χ1v) is 8.70. The lowest BCUT2D eigenvalue weighted by Crippen LogP contribution is -2.49. The highest BCUT2D eigenvalue weighted by atomic mass is 16.5. The van der Waals surface area contributed by atoms with Crippen LogP contribution in [-0.2, 0) is 11.3 Å². The first kappa shape index (κ1) is 15.6. The summed E-state index contributed by atoms with van der Waals surface area (Å²) in [4.78, 5) is 11.0. The fraction of sp³-hybridized carbons (Fsp3) is 0.556. The highest BCUT2D eigenvalue weighted by Crippen LogP contribution is 2.43. The van der Waals surface area contributed by atoms with Gasteiger partial charge in [-0.1, -0.05) is 0 Å². The van der Waals surface area contributed by atoms with E-state index in [1.165, 1.54) is 5.56 Å². The molecule has 0 bridgehead atoms. The Balaban J connectivity index is 1.38. The Hall–Kier alpha value is -1.92. The van der Waals surface area contributed by atoms with Gasteiger partial charge >= 0.3 is 0 Å². The predicted molar refractivity (Wildman–Crippen MR) is 90.5 cm³/mol. The van der Waals surface area contributed by atoms with Crippen molar-refractivity contribution in [2.75, 3.05) is 31.6 Å². The maximum Gasteiger partial charge on any atom is 0.222 e. The Kier molecular flexibility index (Phi) is 4.49. The van der Waals surface area contributed by atoms with Gasteiger partial charge in [-0.2, -0.15) is 0 Å². The van der Waals surface area contributed by atoms with Crippen LogP contribution in [0.2, 0.25) is 0 Å². The normalized spacial score (nSPS) is 27.1. The fourth-order valence-corrected chi connectivity index (χ4v) is 4.09. The lowest BCUT2D eigenvalue weighted by Gasteiger charge is -2.44. The molecule has 0 amide bonds. The summed E-state index contributed by atoms with van der Waals surface area (Å²) in [5.74, 6) is 0.704. The van der Waals surface area contributed by atoms with Gasteiger partial charge in [0.2, 0.25) is 5.95 Å². The van der Waals surface area contributed by atoms with Crippen LogP contribution in [0, 0.1) is 5.41 Å². The molecular weight excluding hydrogens is 304 g/mol. The zero-order valence-corrected chi connectivity index (χ0v) is 13.9. The highest BCUT2D eigenvalue weighted by Gasteiger charge is 2.47. The fourth-order valence-electron chi connectivity index (χ4n) is 4.09. The van der Waals surface area contributed by atoms with E-state index < -0.39 is 0 Å². The molecule has 2 aliphatic rings. The quantitative estimate of drug-likeness (QED) is 0.879. The molecule has 2 aliphatic heterocycles. The van der Waals surface area contributed by atoms with Gasteiger partial charge in [0.05, 0.1) is 18.6 Å². The van der Waals surface area contributed by atoms with Crippen molar-refractivity contribution in [3.8, 4) is 0 Å². The molecule has 0 aromatic carbocycles. The van der Waals surface area contributed by atoms with Gasteiger partial charge in [0, 0.05) is 56.2 Å². The van der Waals surface area contributed by atoms with Crippen molar-refractivity contribution in [2.45, 2.75) is 31.9 Å². The Bertz CT molecular complexity index is 634. The van der Waals surface area contributed by atoms with E-state index in [0.29, 0.717) is 12.1 Å². The van der Waals surface area contributed by atoms with Crippen LogP contribution in [-0.4, -0.2) is 47.2 Å². The standard InChI is InChI=1S/C18H24N4O2/c1-6-19-17(20-7-1)21-8-4-18-5-11-24-16(18)2-9-22(14-18)12-15-3-10-23-13-15/h1,3,6-7,10,13,16H,2,4-5,8-9,11-12,14H2,(H,19,20,21)/t16-,18+/m0/s1. The molecule has 0 unspecified atom stereocenters. The third-order valence-corrected chi connectivity index (χ3v) is 5.31. The van der Waals surface area contributed by atoms with E-state index in [-0.39, 0.29) is 5.41 Å². The first-order valence-electron chi connectivity index (χ1n) is 8.70. The largest absolute Gasteiger partial charge is 0.472 e. The van der Waals surface area contributed by atoms with Crippen LogP contribution in [0.1, 0.15) is 24.8 Å². The predicted octanol–water partition coefficient (Wildman–Crippen LogP) is 2.55. The van der Waals surface area contributed by atoms with Crippen LogP contribution in [0.5, 0.6) is 0 Å². The van der Waals surface area contributed by atoms with Gasteiger partial charge in [-0.05, 0) is 31.4 Å². The molecule has 128 valence electrons. The minimum atomic E-state index is 0.240. The van der Waals surface area contributed by atoms with E-state index in [2.05, 4.69) is 26.3 Å². The monoisotopic (exact) mass is 328 g/mol. The molecule has 2 atom stereocenters. The van der Waals surface area contributed by atoms with Gasteiger partial charge in [0.25, 0.3) is 0 Å². The van der Waals surface area contributed by atoms with Crippen molar-refractivity contribution in [1.82, 2.24) is 14.9 Å². The Morgan fingerprint density at radius 2 is 2.25 bits per heavy atom. The Labute approximate surface area is 142 Å². The second-order valence-electron chi connectivity index (χ2n) is 6.85. The summed E-state index contributed by atoms with van der Waals surface area (Å²) < 4.78 is 11.2. The number of nitrogens with zero attached hydrogens (tertiary/aromatic N) is 3. The minimum Gasteiger partial charge on any atom is -0.472 e. The molecule has 2 saturated heterocycles. The van der Waals surface area contributed by atoms with Gasteiger partial charge in [0.1, 0.15) is 0 Å². The van der Waals surface area contributed by atoms with Crippen LogP contribution in [0.4, 0.5) is 5.95 Å². The molecule has 2 fully saturated rings. The lowest BCUT2D eigenvalue weighted by molar-refractivity contribution is -0.0228. The molecule has 2 aromatic rings. The van der Waals surface area contributed by atoms with E-state index in [1.807, 2.05) is 12.3 Å². The molecule has 0 aliphatic carbocycles. The number of furan rings is 1. The molecule has 0 saturated carbocycles. The second-order valence-corrected chi connectivity index (χ2v) is 6.85. The van der Waals surface area contributed by atoms with E-state index in [9.17, 15) is 0 Å². The van der Waals surface area contributed by atoms with Crippen molar-refractivity contribution < 1.29 is 9.15 Å². The topological polar surface area (TPSA) is 63.4 Å². The van der Waals surface area contributed by atoms with Crippen LogP contribution >= 0.6 is 0 Å². The molecule has 1 N–H and O–H groups in total. The Morgan fingerprint density at radius 1 is 1.33 bits per heavy atom. The number of nitrogens with one attached hydrogen (secondary N) is 1. The van der Waals surface area contributed by atoms with Gasteiger partial charge in [-0.3, -0.25) is 4.90 Å². The summed E-state index contributed by atoms with van der Waals surface area (Å²) >= 11 is 0. The van der Waals surface area contributed by atoms with Crippen molar-refractivity contribution >= 4 is 5.95 Å². The van der Waals surface area contributed by atoms with Gasteiger partial charge < -0.3 is 14.5 Å². The number of fused-ring (bicyclic) bond motifs is 1. The maximum atomic E-state index is 6.04. The molecule has 2 aromatic heterocycles. The van der Waals surface area contributed by atoms with Gasteiger partial charge in [-0.15, -0.1) is 0 Å². The minimum absolute atomic E-state index is 0.240. The molecule has 24 heavy (non-hydrogen) atoms. The summed E-state index contributed by atoms with van der Waals surface area (Å²) in [6, 6.07) is 3.89. The third-order valence-electron chi connectivity index (χ3n) is 5.31. The molecular formula is C18H24N4O2. The molecule has 6 heteroatoms. The number of hydrogen-bond donors (Lipinski definition) is 1. The number of anilines is 1. The number of ether oxygens (including phenoxy) is 1. The van der Waals surface area contributed by atoms with Crippen LogP contribution in [0.25, 0.3) is 0 Å². The number of likely N-dealkylation sites (tertiary alicyclic amines) is 1. The second kappa shape index (κ2) is 6.91. The lowest BCUT2D eigenvalue weighted by atomic mass is 9.74. The summed E-state index contributed by atoms with van der Waals surface area (Å²) in [7, 11) is 0. The number of rotatable bonds is 6. The SMILES string of the molecule is c1cnc(NCC[C@]23CCO[C@H]2CCN(Cc2ccoc2)C3)nc1. The van der Waals surface area contributed by atoms with Crippen molar-refractivity contribution in [3.05, 3.63) is 42.6 Å². The molecule has 4 rings (SSSR count). The summed E-state index contributed by atoms with van der Waals surface area (Å²) in [6.45, 7) is 4.89.